The van der Waals surface area contributed by atoms with E-state index in [4.69, 9.17) is 12.0 Å². The number of aliphatic hydroxyl groups is 1. The van der Waals surface area contributed by atoms with Crippen LogP contribution in [0.25, 0.3) is 10.9 Å². The topological polar surface area (TPSA) is 48.7 Å². The molecule has 0 unspecified atom stereocenters. The van der Waals surface area contributed by atoms with E-state index in [1.54, 1.807) is 0 Å². The zero-order chi connectivity index (χ0) is 15.7. The number of hydrogen-bond donors (Lipinski definition) is 1. The molecule has 1 aliphatic rings. The number of aliphatic hydroxyl groups excluding tert-OH is 1. The van der Waals surface area contributed by atoms with Crippen molar-refractivity contribution in [2.24, 2.45) is 7.05 Å². The van der Waals surface area contributed by atoms with E-state index in [-0.39, 0.29) is 12.5 Å². The molecular weight excluding hydrogens is 278 g/mol. The van der Waals surface area contributed by atoms with Crippen LogP contribution in [0, 0.1) is 6.92 Å². The third-order valence-electron chi connectivity index (χ3n) is 4.40. The average molecular weight is 299 g/mol. The molecule has 2 radical (unpaired) electrons. The summed E-state index contributed by atoms with van der Waals surface area (Å²) in [6.45, 7) is 9.78. The SMILES string of the molecule is [CH]c1cc2cc(C(=O)N3CCN(CCO)CC3)ccc2n1C. The zero-order valence-electron chi connectivity index (χ0n) is 12.8. The Kier molecular flexibility index (Phi) is 4.18. The molecule has 0 aliphatic carbocycles. The van der Waals surface area contributed by atoms with Crippen LogP contribution in [0.2, 0.25) is 0 Å². The Labute approximate surface area is 130 Å². The quantitative estimate of drug-likeness (QED) is 0.919. The fourth-order valence-corrected chi connectivity index (χ4v) is 3.00. The Morgan fingerprint density at radius 2 is 1.95 bits per heavy atom. The number of amides is 1. The lowest BCUT2D eigenvalue weighted by atomic mass is 10.1. The first-order chi connectivity index (χ1) is 10.6. The van der Waals surface area contributed by atoms with Gasteiger partial charge < -0.3 is 14.6 Å². The lowest BCUT2D eigenvalue weighted by Crippen LogP contribution is -2.49. The van der Waals surface area contributed by atoms with Gasteiger partial charge in [-0.2, -0.15) is 0 Å². The molecule has 3 rings (SSSR count). The van der Waals surface area contributed by atoms with Crippen LogP contribution in [-0.2, 0) is 7.05 Å². The van der Waals surface area contributed by atoms with Gasteiger partial charge in [0.05, 0.1) is 6.61 Å². The van der Waals surface area contributed by atoms with E-state index in [1.165, 1.54) is 0 Å². The second-order valence-corrected chi connectivity index (χ2v) is 5.76. The maximum atomic E-state index is 12.6. The molecule has 22 heavy (non-hydrogen) atoms. The summed E-state index contributed by atoms with van der Waals surface area (Å²) in [7, 11) is 1.92. The fourth-order valence-electron chi connectivity index (χ4n) is 3.00. The highest BCUT2D eigenvalue weighted by Gasteiger charge is 2.22. The number of hydrogen-bond acceptors (Lipinski definition) is 3. The Morgan fingerprint density at radius 1 is 1.23 bits per heavy atom. The van der Waals surface area contributed by atoms with Crippen molar-refractivity contribution >= 4 is 16.8 Å². The van der Waals surface area contributed by atoms with E-state index in [0.29, 0.717) is 30.9 Å². The zero-order valence-corrected chi connectivity index (χ0v) is 12.8. The molecule has 116 valence electrons. The molecule has 5 heteroatoms. The maximum Gasteiger partial charge on any atom is 0.253 e. The first-order valence-electron chi connectivity index (χ1n) is 7.57. The first-order valence-corrected chi connectivity index (χ1v) is 7.57. The van der Waals surface area contributed by atoms with Gasteiger partial charge in [0.15, 0.2) is 0 Å². The van der Waals surface area contributed by atoms with Crippen LogP contribution in [0.1, 0.15) is 16.1 Å². The predicted molar refractivity (Wildman–Crippen MR) is 85.8 cm³/mol. The third-order valence-corrected chi connectivity index (χ3v) is 4.40. The van der Waals surface area contributed by atoms with Gasteiger partial charge in [-0.25, -0.2) is 0 Å². The van der Waals surface area contributed by atoms with Gasteiger partial charge in [0.1, 0.15) is 0 Å². The van der Waals surface area contributed by atoms with Crippen LogP contribution in [0.5, 0.6) is 0 Å². The summed E-state index contributed by atoms with van der Waals surface area (Å²) in [6.07, 6.45) is 0. The summed E-state index contributed by atoms with van der Waals surface area (Å²) in [6, 6.07) is 7.62. The van der Waals surface area contributed by atoms with Crippen LogP contribution >= 0.6 is 0 Å². The molecule has 1 aromatic carbocycles. The molecule has 5 nitrogen and oxygen atoms in total. The highest BCUT2D eigenvalue weighted by molar-refractivity contribution is 5.98. The molecule has 1 amide bonds. The Morgan fingerprint density at radius 3 is 2.64 bits per heavy atom. The minimum Gasteiger partial charge on any atom is -0.395 e. The Balaban J connectivity index is 1.75. The number of fused-ring (bicyclic) bond motifs is 1. The van der Waals surface area contributed by atoms with Gasteiger partial charge in [-0.1, -0.05) is 0 Å². The summed E-state index contributed by atoms with van der Waals surface area (Å²) in [4.78, 5) is 16.7. The predicted octanol–water partition coefficient (Wildman–Crippen LogP) is 0.988. The normalized spacial score (nSPS) is 16.4. The maximum absolute atomic E-state index is 12.6. The molecule has 1 saturated heterocycles. The van der Waals surface area contributed by atoms with E-state index < -0.39 is 0 Å². The highest BCUT2D eigenvalue weighted by Crippen LogP contribution is 2.21. The molecule has 1 fully saturated rings. The van der Waals surface area contributed by atoms with Crippen LogP contribution in [0.15, 0.2) is 24.3 Å². The summed E-state index contributed by atoms with van der Waals surface area (Å²) >= 11 is 0. The summed E-state index contributed by atoms with van der Waals surface area (Å²) in [5, 5.41) is 9.95. The second-order valence-electron chi connectivity index (χ2n) is 5.76. The van der Waals surface area contributed by atoms with Crippen molar-refractivity contribution in [3.63, 3.8) is 0 Å². The standard InChI is InChI=1S/C17H21N3O2/c1-13-11-15-12-14(3-4-16(15)18(13)2)17(22)20-7-5-19(6-8-20)9-10-21/h1,3-4,11-12,21H,5-10H2,2H3. The number of rotatable bonds is 3. The lowest BCUT2D eigenvalue weighted by molar-refractivity contribution is 0.0615. The van der Waals surface area contributed by atoms with Crippen LogP contribution in [-0.4, -0.2) is 64.7 Å². The largest absolute Gasteiger partial charge is 0.395 e. The van der Waals surface area contributed by atoms with Crippen molar-refractivity contribution < 1.29 is 9.90 Å². The molecule has 0 spiro atoms. The molecule has 1 N–H and O–H groups in total. The second kappa shape index (κ2) is 6.10. The number of carbonyl (C=O) groups is 1. The molecule has 1 aliphatic heterocycles. The number of β-amino-alcohol motifs (C(OH)–C–C–N with tert-alkyl or cyclic N) is 1. The number of piperazine rings is 1. The van der Waals surface area contributed by atoms with Crippen molar-refractivity contribution in [1.82, 2.24) is 14.4 Å². The van der Waals surface area contributed by atoms with E-state index in [9.17, 15) is 4.79 Å². The fraction of sp³-hybridized carbons (Fsp3) is 0.412. The van der Waals surface area contributed by atoms with E-state index in [0.717, 1.165) is 24.0 Å². The Bertz CT molecular complexity index is 685. The smallest absolute Gasteiger partial charge is 0.253 e. The van der Waals surface area contributed by atoms with Gasteiger partial charge in [-0.05, 0) is 24.3 Å². The average Bonchev–Trinajstić information content (AvgIpc) is 2.82. The van der Waals surface area contributed by atoms with Crippen molar-refractivity contribution in [2.75, 3.05) is 39.3 Å². The van der Waals surface area contributed by atoms with Gasteiger partial charge in [0.2, 0.25) is 0 Å². The highest BCUT2D eigenvalue weighted by atomic mass is 16.3. The van der Waals surface area contributed by atoms with E-state index in [2.05, 4.69) is 4.90 Å². The Hall–Kier alpha value is -1.85. The molecule has 0 saturated carbocycles. The van der Waals surface area contributed by atoms with Gasteiger partial charge in [0, 0.05) is 68.9 Å². The van der Waals surface area contributed by atoms with Crippen LogP contribution in [0.4, 0.5) is 0 Å². The van der Waals surface area contributed by atoms with Crippen molar-refractivity contribution in [3.05, 3.63) is 42.4 Å². The van der Waals surface area contributed by atoms with E-state index in [1.807, 2.05) is 40.8 Å². The van der Waals surface area contributed by atoms with Gasteiger partial charge in [-0.3, -0.25) is 9.69 Å². The molecular formula is C17H21N3O2. The molecule has 0 atom stereocenters. The van der Waals surface area contributed by atoms with Gasteiger partial charge in [-0.15, -0.1) is 0 Å². The first kappa shape index (κ1) is 15.1. The third kappa shape index (κ3) is 2.74. The molecule has 1 aromatic heterocycles. The van der Waals surface area contributed by atoms with E-state index >= 15 is 0 Å². The molecule has 2 aromatic rings. The number of benzene rings is 1. The monoisotopic (exact) mass is 299 g/mol. The van der Waals surface area contributed by atoms with Crippen molar-refractivity contribution in [2.45, 2.75) is 0 Å². The van der Waals surface area contributed by atoms with Gasteiger partial charge >= 0.3 is 0 Å². The number of aryl methyl sites for hydroxylation is 1. The minimum absolute atomic E-state index is 0.0629. The summed E-state index contributed by atoms with van der Waals surface area (Å²) in [5.41, 5.74) is 2.42. The lowest BCUT2D eigenvalue weighted by Gasteiger charge is -2.34. The number of nitrogens with zero attached hydrogens (tertiary/aromatic N) is 3. The number of carbonyl (C=O) groups excluding carboxylic acids is 1. The van der Waals surface area contributed by atoms with Crippen LogP contribution < -0.4 is 0 Å². The van der Waals surface area contributed by atoms with Crippen molar-refractivity contribution in [1.29, 1.82) is 0 Å². The van der Waals surface area contributed by atoms with Crippen LogP contribution in [0.3, 0.4) is 0 Å². The molecule has 0 bridgehead atoms. The van der Waals surface area contributed by atoms with Crippen molar-refractivity contribution in [3.8, 4) is 0 Å². The minimum atomic E-state index is 0.0629. The molecule has 2 heterocycles. The number of aromatic nitrogens is 1. The summed E-state index contributed by atoms with van der Waals surface area (Å²) in [5.74, 6) is 0.0629. The van der Waals surface area contributed by atoms with Gasteiger partial charge in [0.25, 0.3) is 5.91 Å². The summed E-state index contributed by atoms with van der Waals surface area (Å²) < 4.78 is 1.91.